The second kappa shape index (κ2) is 4.30. The lowest BCUT2D eigenvalue weighted by atomic mass is 10.00. The first-order valence-corrected chi connectivity index (χ1v) is 5.91. The molecule has 0 amide bonds. The molecule has 0 radical (unpaired) electrons. The van der Waals surface area contributed by atoms with E-state index in [1.807, 2.05) is 0 Å². The molecule has 2 heteroatoms. The van der Waals surface area contributed by atoms with Crippen molar-refractivity contribution in [2.45, 2.75) is 26.2 Å². The molecule has 0 aliphatic carbocycles. The zero-order valence-corrected chi connectivity index (χ0v) is 10.3. The molecule has 86 valence electrons. The van der Waals surface area contributed by atoms with Gasteiger partial charge >= 0.3 is 0 Å². The van der Waals surface area contributed by atoms with Gasteiger partial charge in [-0.25, -0.2) is 0 Å². The SMILES string of the molecule is CC(C)c1ccc2c(c1)c(CCN)cn2C. The predicted octanol–water partition coefficient (Wildman–Crippen LogP) is 2.80. The fraction of sp³-hybridized carbons (Fsp3) is 0.429. The number of hydrogen-bond donors (Lipinski definition) is 1. The summed E-state index contributed by atoms with van der Waals surface area (Å²) in [6.45, 7) is 5.17. The third-order valence-corrected chi connectivity index (χ3v) is 3.18. The highest BCUT2D eigenvalue weighted by Crippen LogP contribution is 2.25. The highest BCUT2D eigenvalue weighted by molar-refractivity contribution is 5.84. The molecule has 16 heavy (non-hydrogen) atoms. The zero-order valence-electron chi connectivity index (χ0n) is 10.3. The second-order valence-corrected chi connectivity index (χ2v) is 4.74. The van der Waals surface area contributed by atoms with E-state index in [1.54, 1.807) is 0 Å². The van der Waals surface area contributed by atoms with Gasteiger partial charge in [0.15, 0.2) is 0 Å². The van der Waals surface area contributed by atoms with Gasteiger partial charge in [-0.2, -0.15) is 0 Å². The molecule has 0 saturated carbocycles. The Bertz CT molecular complexity index is 495. The van der Waals surface area contributed by atoms with Crippen molar-refractivity contribution in [3.8, 4) is 0 Å². The van der Waals surface area contributed by atoms with Gasteiger partial charge in [0.25, 0.3) is 0 Å². The van der Waals surface area contributed by atoms with Crippen molar-refractivity contribution in [2.75, 3.05) is 6.54 Å². The second-order valence-electron chi connectivity index (χ2n) is 4.74. The summed E-state index contributed by atoms with van der Waals surface area (Å²) < 4.78 is 2.18. The molecule has 0 spiro atoms. The molecule has 0 atom stereocenters. The monoisotopic (exact) mass is 216 g/mol. The largest absolute Gasteiger partial charge is 0.350 e. The van der Waals surface area contributed by atoms with Gasteiger partial charge in [0.05, 0.1) is 0 Å². The molecule has 0 fully saturated rings. The Kier molecular flexibility index (Phi) is 3.01. The Balaban J connectivity index is 2.60. The number of rotatable bonds is 3. The van der Waals surface area contributed by atoms with Crippen LogP contribution in [0.25, 0.3) is 10.9 Å². The summed E-state index contributed by atoms with van der Waals surface area (Å²) in [5.41, 5.74) is 9.71. The number of aryl methyl sites for hydroxylation is 1. The van der Waals surface area contributed by atoms with Crippen molar-refractivity contribution >= 4 is 10.9 Å². The number of nitrogens with two attached hydrogens (primary N) is 1. The summed E-state index contributed by atoms with van der Waals surface area (Å²) in [6, 6.07) is 6.74. The lowest BCUT2D eigenvalue weighted by Gasteiger charge is -2.06. The Hall–Kier alpha value is -1.28. The minimum atomic E-state index is 0.579. The Morgan fingerprint density at radius 2 is 2.06 bits per heavy atom. The molecule has 0 aliphatic heterocycles. The van der Waals surface area contributed by atoms with Crippen LogP contribution in [-0.4, -0.2) is 11.1 Å². The molecule has 1 heterocycles. The molecule has 1 aromatic heterocycles. The summed E-state index contributed by atoms with van der Waals surface area (Å²) in [7, 11) is 2.09. The van der Waals surface area contributed by atoms with E-state index < -0.39 is 0 Å². The first-order chi connectivity index (χ1) is 7.63. The van der Waals surface area contributed by atoms with Gasteiger partial charge in [-0.05, 0) is 42.1 Å². The maximum absolute atomic E-state index is 5.65. The minimum absolute atomic E-state index is 0.579. The van der Waals surface area contributed by atoms with Crippen LogP contribution in [0.4, 0.5) is 0 Å². The van der Waals surface area contributed by atoms with E-state index in [2.05, 4.69) is 49.9 Å². The average molecular weight is 216 g/mol. The molecule has 2 aromatic rings. The van der Waals surface area contributed by atoms with E-state index in [9.17, 15) is 0 Å². The average Bonchev–Trinajstić information content (AvgIpc) is 2.56. The van der Waals surface area contributed by atoms with Gasteiger partial charge in [-0.15, -0.1) is 0 Å². The fourth-order valence-corrected chi connectivity index (χ4v) is 2.21. The van der Waals surface area contributed by atoms with E-state index in [0.29, 0.717) is 12.5 Å². The van der Waals surface area contributed by atoms with Crippen LogP contribution in [-0.2, 0) is 13.5 Å². The molecule has 2 rings (SSSR count). The van der Waals surface area contributed by atoms with E-state index >= 15 is 0 Å². The molecule has 2 N–H and O–H groups in total. The number of nitrogens with zero attached hydrogens (tertiary/aromatic N) is 1. The molecule has 0 aliphatic rings. The first kappa shape index (κ1) is 11.2. The summed E-state index contributed by atoms with van der Waals surface area (Å²) in [4.78, 5) is 0. The third kappa shape index (κ3) is 1.85. The van der Waals surface area contributed by atoms with E-state index in [4.69, 9.17) is 5.73 Å². The summed E-state index contributed by atoms with van der Waals surface area (Å²) >= 11 is 0. The van der Waals surface area contributed by atoms with Gasteiger partial charge < -0.3 is 10.3 Å². The highest BCUT2D eigenvalue weighted by atomic mass is 14.9. The summed E-state index contributed by atoms with van der Waals surface area (Å²) in [6.07, 6.45) is 3.15. The molecular weight excluding hydrogens is 196 g/mol. The molecular formula is C14H20N2. The lowest BCUT2D eigenvalue weighted by molar-refractivity contribution is 0.868. The van der Waals surface area contributed by atoms with Crippen LogP contribution in [0.2, 0.25) is 0 Å². The van der Waals surface area contributed by atoms with Crippen LogP contribution in [0.1, 0.15) is 30.9 Å². The number of hydrogen-bond acceptors (Lipinski definition) is 1. The van der Waals surface area contributed by atoms with Crippen molar-refractivity contribution < 1.29 is 0 Å². The van der Waals surface area contributed by atoms with Crippen LogP contribution >= 0.6 is 0 Å². The maximum atomic E-state index is 5.65. The quantitative estimate of drug-likeness (QED) is 0.840. The lowest BCUT2D eigenvalue weighted by Crippen LogP contribution is -2.02. The first-order valence-electron chi connectivity index (χ1n) is 5.91. The van der Waals surface area contributed by atoms with E-state index in [-0.39, 0.29) is 0 Å². The summed E-state index contributed by atoms with van der Waals surface area (Å²) in [5.74, 6) is 0.579. The smallest absolute Gasteiger partial charge is 0.0480 e. The van der Waals surface area contributed by atoms with Crippen LogP contribution in [0.15, 0.2) is 24.4 Å². The van der Waals surface area contributed by atoms with Crippen LogP contribution in [0.3, 0.4) is 0 Å². The van der Waals surface area contributed by atoms with Crippen LogP contribution in [0, 0.1) is 0 Å². The normalized spacial score (nSPS) is 11.6. The molecule has 0 bridgehead atoms. The van der Waals surface area contributed by atoms with Gasteiger partial charge in [0.1, 0.15) is 0 Å². The van der Waals surface area contributed by atoms with E-state index in [0.717, 1.165) is 6.42 Å². The van der Waals surface area contributed by atoms with E-state index in [1.165, 1.54) is 22.0 Å². The van der Waals surface area contributed by atoms with Crippen LogP contribution < -0.4 is 5.73 Å². The zero-order chi connectivity index (χ0) is 11.7. The topological polar surface area (TPSA) is 30.9 Å². The van der Waals surface area contributed by atoms with Crippen LogP contribution in [0.5, 0.6) is 0 Å². The number of aromatic nitrogens is 1. The fourth-order valence-electron chi connectivity index (χ4n) is 2.21. The van der Waals surface area contributed by atoms with Crippen molar-refractivity contribution in [3.63, 3.8) is 0 Å². The number of fused-ring (bicyclic) bond motifs is 1. The standard InChI is InChI=1S/C14H20N2/c1-10(2)11-4-5-14-13(8-11)12(6-7-15)9-16(14)3/h4-5,8-10H,6-7,15H2,1-3H3. The van der Waals surface area contributed by atoms with Gasteiger partial charge in [-0.1, -0.05) is 19.9 Å². The maximum Gasteiger partial charge on any atom is 0.0480 e. The van der Waals surface area contributed by atoms with Crippen molar-refractivity contribution in [1.82, 2.24) is 4.57 Å². The number of benzene rings is 1. The highest BCUT2D eigenvalue weighted by Gasteiger charge is 2.08. The Morgan fingerprint density at radius 1 is 1.31 bits per heavy atom. The Labute approximate surface area is 97.1 Å². The van der Waals surface area contributed by atoms with Crippen molar-refractivity contribution in [1.29, 1.82) is 0 Å². The van der Waals surface area contributed by atoms with Gasteiger partial charge in [0.2, 0.25) is 0 Å². The van der Waals surface area contributed by atoms with Gasteiger partial charge in [-0.3, -0.25) is 0 Å². The molecule has 0 saturated heterocycles. The summed E-state index contributed by atoms with van der Waals surface area (Å²) in [5, 5.41) is 1.36. The predicted molar refractivity (Wildman–Crippen MR) is 69.8 cm³/mol. The van der Waals surface area contributed by atoms with Crippen molar-refractivity contribution in [2.24, 2.45) is 12.8 Å². The molecule has 1 aromatic carbocycles. The third-order valence-electron chi connectivity index (χ3n) is 3.18. The molecule has 2 nitrogen and oxygen atoms in total. The Morgan fingerprint density at radius 3 is 2.69 bits per heavy atom. The minimum Gasteiger partial charge on any atom is -0.350 e. The van der Waals surface area contributed by atoms with Gasteiger partial charge in [0, 0.05) is 24.1 Å². The van der Waals surface area contributed by atoms with Crippen molar-refractivity contribution in [3.05, 3.63) is 35.5 Å². The molecule has 0 unspecified atom stereocenters.